The number of aromatic nitrogens is 2. The second-order valence-electron chi connectivity index (χ2n) is 5.08. The van der Waals surface area contributed by atoms with Crippen LogP contribution in [0.3, 0.4) is 0 Å². The molecule has 0 radical (unpaired) electrons. The number of benzene rings is 1. The number of hydrogen-bond donors (Lipinski definition) is 1. The van der Waals surface area contributed by atoms with Gasteiger partial charge in [0.15, 0.2) is 0 Å². The van der Waals surface area contributed by atoms with Gasteiger partial charge in [0, 0.05) is 18.0 Å². The molecule has 0 spiro atoms. The topological polar surface area (TPSA) is 41.0 Å². The third kappa shape index (κ3) is 2.54. The van der Waals surface area contributed by atoms with Crippen molar-refractivity contribution in [2.45, 2.75) is 25.8 Å². The van der Waals surface area contributed by atoms with E-state index >= 15 is 0 Å². The van der Waals surface area contributed by atoms with E-state index in [9.17, 15) is 0 Å². The molecule has 0 bridgehead atoms. The number of rotatable bonds is 4. The lowest BCUT2D eigenvalue weighted by molar-refractivity contribution is 0.277. The average Bonchev–Trinajstić information content (AvgIpc) is 2.92. The lowest BCUT2D eigenvalue weighted by Gasteiger charge is -2.23. The SMILES string of the molecule is CCN1CCCC1CNc1cnnc2ccccc12. The highest BCUT2D eigenvalue weighted by atomic mass is 15.2. The van der Waals surface area contributed by atoms with Crippen LogP contribution in [0.25, 0.3) is 10.9 Å². The molecule has 1 aromatic carbocycles. The van der Waals surface area contributed by atoms with Gasteiger partial charge in [0.25, 0.3) is 0 Å². The van der Waals surface area contributed by atoms with E-state index < -0.39 is 0 Å². The second-order valence-corrected chi connectivity index (χ2v) is 5.08. The van der Waals surface area contributed by atoms with Crippen molar-refractivity contribution in [2.24, 2.45) is 0 Å². The first kappa shape index (κ1) is 12.4. The maximum absolute atomic E-state index is 4.15. The fraction of sp³-hybridized carbons (Fsp3) is 0.467. The Morgan fingerprint density at radius 1 is 1.37 bits per heavy atom. The summed E-state index contributed by atoms with van der Waals surface area (Å²) in [4.78, 5) is 2.55. The van der Waals surface area contributed by atoms with E-state index in [1.807, 2.05) is 24.4 Å². The van der Waals surface area contributed by atoms with Gasteiger partial charge in [-0.1, -0.05) is 25.1 Å². The second kappa shape index (κ2) is 5.53. The number of nitrogens with zero attached hydrogens (tertiary/aromatic N) is 3. The lowest BCUT2D eigenvalue weighted by Crippen LogP contribution is -2.34. The van der Waals surface area contributed by atoms with Crippen LogP contribution in [-0.4, -0.2) is 40.8 Å². The molecule has 3 rings (SSSR count). The van der Waals surface area contributed by atoms with Crippen LogP contribution < -0.4 is 5.32 Å². The standard InChI is InChI=1S/C15H20N4/c1-2-19-9-5-6-12(19)10-16-15-11-17-18-14-8-4-3-7-13(14)15/h3-4,7-8,11-12H,2,5-6,9-10H2,1H3,(H,16,18). The van der Waals surface area contributed by atoms with E-state index in [2.05, 4.69) is 33.4 Å². The zero-order valence-corrected chi connectivity index (χ0v) is 11.3. The molecule has 0 saturated carbocycles. The van der Waals surface area contributed by atoms with E-state index in [1.54, 1.807) is 0 Å². The minimum Gasteiger partial charge on any atom is -0.382 e. The van der Waals surface area contributed by atoms with E-state index in [0.717, 1.165) is 29.7 Å². The van der Waals surface area contributed by atoms with Crippen LogP contribution in [0.1, 0.15) is 19.8 Å². The van der Waals surface area contributed by atoms with Crippen molar-refractivity contribution in [3.05, 3.63) is 30.5 Å². The summed E-state index contributed by atoms with van der Waals surface area (Å²) < 4.78 is 0. The number of hydrogen-bond acceptors (Lipinski definition) is 4. The van der Waals surface area contributed by atoms with Crippen LogP contribution in [-0.2, 0) is 0 Å². The quantitative estimate of drug-likeness (QED) is 0.912. The van der Waals surface area contributed by atoms with Crippen LogP contribution >= 0.6 is 0 Å². The van der Waals surface area contributed by atoms with E-state index in [1.165, 1.54) is 19.4 Å². The minimum atomic E-state index is 0.650. The zero-order valence-electron chi connectivity index (χ0n) is 11.3. The van der Waals surface area contributed by atoms with Crippen LogP contribution in [0.4, 0.5) is 5.69 Å². The van der Waals surface area contributed by atoms with Gasteiger partial charge in [0.1, 0.15) is 0 Å². The molecule has 2 aromatic rings. The highest BCUT2D eigenvalue weighted by Gasteiger charge is 2.22. The van der Waals surface area contributed by atoms with Gasteiger partial charge in [-0.2, -0.15) is 10.2 Å². The Hall–Kier alpha value is -1.68. The molecule has 1 atom stereocenters. The van der Waals surface area contributed by atoms with Crippen LogP contribution in [0.5, 0.6) is 0 Å². The molecule has 2 heterocycles. The van der Waals surface area contributed by atoms with Gasteiger partial charge in [-0.15, -0.1) is 0 Å². The summed E-state index contributed by atoms with van der Waals surface area (Å²) in [7, 11) is 0. The Kier molecular flexibility index (Phi) is 3.60. The van der Waals surface area contributed by atoms with Crippen LogP contribution in [0, 0.1) is 0 Å². The summed E-state index contributed by atoms with van der Waals surface area (Å²) in [6, 6.07) is 8.79. The molecule has 100 valence electrons. The molecule has 1 aromatic heterocycles. The third-order valence-electron chi connectivity index (χ3n) is 3.98. The Morgan fingerprint density at radius 3 is 3.16 bits per heavy atom. The average molecular weight is 256 g/mol. The number of likely N-dealkylation sites (N-methyl/N-ethyl adjacent to an activating group) is 1. The first-order valence-corrected chi connectivity index (χ1v) is 7.07. The molecule has 1 N–H and O–H groups in total. The molecular weight excluding hydrogens is 236 g/mol. The van der Waals surface area contributed by atoms with Gasteiger partial charge in [0.05, 0.1) is 17.4 Å². The van der Waals surface area contributed by atoms with E-state index in [0.29, 0.717) is 6.04 Å². The monoisotopic (exact) mass is 256 g/mol. The fourth-order valence-corrected chi connectivity index (χ4v) is 2.92. The van der Waals surface area contributed by atoms with Crippen molar-refractivity contribution in [1.82, 2.24) is 15.1 Å². The normalized spacial score (nSPS) is 19.9. The number of nitrogens with one attached hydrogen (secondary N) is 1. The van der Waals surface area contributed by atoms with Gasteiger partial charge < -0.3 is 5.32 Å². The van der Waals surface area contributed by atoms with E-state index in [4.69, 9.17) is 0 Å². The smallest absolute Gasteiger partial charge is 0.0950 e. The fourth-order valence-electron chi connectivity index (χ4n) is 2.92. The molecule has 1 aliphatic heterocycles. The molecule has 0 amide bonds. The first-order chi connectivity index (χ1) is 9.38. The summed E-state index contributed by atoms with van der Waals surface area (Å²) in [5.41, 5.74) is 2.04. The Balaban J connectivity index is 1.75. The summed E-state index contributed by atoms with van der Waals surface area (Å²) in [5, 5.41) is 12.9. The predicted octanol–water partition coefficient (Wildman–Crippen LogP) is 2.53. The van der Waals surface area contributed by atoms with Crippen molar-refractivity contribution in [3.8, 4) is 0 Å². The summed E-state index contributed by atoms with van der Waals surface area (Å²) in [6.07, 6.45) is 4.43. The molecule has 4 nitrogen and oxygen atoms in total. The largest absolute Gasteiger partial charge is 0.382 e. The molecule has 1 aliphatic rings. The van der Waals surface area contributed by atoms with Gasteiger partial charge in [-0.25, -0.2) is 0 Å². The zero-order chi connectivity index (χ0) is 13.1. The van der Waals surface area contributed by atoms with Crippen molar-refractivity contribution in [2.75, 3.05) is 25.0 Å². The first-order valence-electron chi connectivity index (χ1n) is 7.07. The number of likely N-dealkylation sites (tertiary alicyclic amines) is 1. The van der Waals surface area contributed by atoms with Gasteiger partial charge >= 0.3 is 0 Å². The van der Waals surface area contributed by atoms with Crippen LogP contribution in [0.15, 0.2) is 30.5 Å². The Morgan fingerprint density at radius 2 is 2.26 bits per heavy atom. The van der Waals surface area contributed by atoms with E-state index in [-0.39, 0.29) is 0 Å². The maximum atomic E-state index is 4.15. The van der Waals surface area contributed by atoms with Crippen molar-refractivity contribution >= 4 is 16.6 Å². The van der Waals surface area contributed by atoms with Gasteiger partial charge in [-0.05, 0) is 32.0 Å². The molecule has 1 saturated heterocycles. The summed E-state index contributed by atoms with van der Waals surface area (Å²) in [5.74, 6) is 0. The molecular formula is C15H20N4. The third-order valence-corrected chi connectivity index (χ3v) is 3.98. The van der Waals surface area contributed by atoms with Gasteiger partial charge in [-0.3, -0.25) is 4.90 Å². The van der Waals surface area contributed by atoms with Crippen molar-refractivity contribution in [3.63, 3.8) is 0 Å². The molecule has 4 heteroatoms. The lowest BCUT2D eigenvalue weighted by atomic mass is 10.2. The van der Waals surface area contributed by atoms with Crippen LogP contribution in [0.2, 0.25) is 0 Å². The van der Waals surface area contributed by atoms with Crippen molar-refractivity contribution in [1.29, 1.82) is 0 Å². The predicted molar refractivity (Wildman–Crippen MR) is 78.3 cm³/mol. The van der Waals surface area contributed by atoms with Gasteiger partial charge in [0.2, 0.25) is 0 Å². The Bertz CT molecular complexity index is 549. The highest BCUT2D eigenvalue weighted by Crippen LogP contribution is 2.22. The number of fused-ring (bicyclic) bond motifs is 1. The molecule has 19 heavy (non-hydrogen) atoms. The molecule has 1 unspecified atom stereocenters. The number of anilines is 1. The summed E-state index contributed by atoms with van der Waals surface area (Å²) >= 11 is 0. The Labute approximate surface area is 113 Å². The molecule has 1 fully saturated rings. The summed E-state index contributed by atoms with van der Waals surface area (Å²) in [6.45, 7) is 5.60. The highest BCUT2D eigenvalue weighted by molar-refractivity contribution is 5.90. The maximum Gasteiger partial charge on any atom is 0.0950 e. The molecule has 0 aliphatic carbocycles. The van der Waals surface area contributed by atoms with Crippen molar-refractivity contribution < 1.29 is 0 Å². The minimum absolute atomic E-state index is 0.650.